The predicted molar refractivity (Wildman–Crippen MR) is 79.0 cm³/mol. The maximum Gasteiger partial charge on any atom is 0.294 e. The molecule has 1 aromatic carbocycles. The minimum atomic E-state index is -0.362. The van der Waals surface area contributed by atoms with Crippen molar-refractivity contribution in [2.75, 3.05) is 11.9 Å². The summed E-state index contributed by atoms with van der Waals surface area (Å²) in [6.07, 6.45) is 1.88. The normalized spacial score (nSPS) is 9.86. The molecule has 2 N–H and O–H groups in total. The number of anilines is 1. The molecule has 1 heterocycles. The number of aryl methyl sites for hydroxylation is 2. The molecule has 2 aromatic rings. The lowest BCUT2D eigenvalue weighted by Gasteiger charge is -2.07. The van der Waals surface area contributed by atoms with Gasteiger partial charge in [-0.1, -0.05) is 23.1 Å². The van der Waals surface area contributed by atoms with Crippen LogP contribution in [0.3, 0.4) is 0 Å². The molecule has 0 aliphatic heterocycles. The first kappa shape index (κ1) is 14.8. The van der Waals surface area contributed by atoms with Gasteiger partial charge in [0.15, 0.2) is 0 Å². The highest BCUT2D eigenvalue weighted by Crippen LogP contribution is 2.18. The van der Waals surface area contributed by atoms with E-state index < -0.39 is 0 Å². The van der Waals surface area contributed by atoms with Crippen LogP contribution < -0.4 is 5.32 Å². The molecule has 1 aromatic heterocycles. The molecule has 0 unspecified atom stereocenters. The van der Waals surface area contributed by atoms with Crippen molar-refractivity contribution in [3.05, 3.63) is 46.8 Å². The van der Waals surface area contributed by atoms with E-state index in [2.05, 4.69) is 22.3 Å². The van der Waals surface area contributed by atoms with Gasteiger partial charge in [0.05, 0.1) is 18.5 Å². The van der Waals surface area contributed by atoms with Crippen molar-refractivity contribution in [3.8, 4) is 11.8 Å². The van der Waals surface area contributed by atoms with Gasteiger partial charge in [-0.25, -0.2) is 0 Å². The molecule has 108 valence electrons. The van der Waals surface area contributed by atoms with Crippen molar-refractivity contribution in [2.45, 2.75) is 20.3 Å². The van der Waals surface area contributed by atoms with Crippen LogP contribution in [0, 0.1) is 25.7 Å². The van der Waals surface area contributed by atoms with Crippen LogP contribution in [0.1, 0.15) is 33.7 Å². The zero-order chi connectivity index (χ0) is 15.2. The average molecular weight is 284 g/mol. The van der Waals surface area contributed by atoms with E-state index >= 15 is 0 Å². The van der Waals surface area contributed by atoms with Gasteiger partial charge in [-0.05, 0) is 31.5 Å². The minimum absolute atomic E-state index is 0.0117. The molecule has 0 spiro atoms. The highest BCUT2D eigenvalue weighted by Gasteiger charge is 2.15. The van der Waals surface area contributed by atoms with E-state index in [1.807, 2.05) is 19.1 Å². The Balaban J connectivity index is 2.26. The first-order valence-corrected chi connectivity index (χ1v) is 6.55. The van der Waals surface area contributed by atoms with E-state index in [9.17, 15) is 4.79 Å². The summed E-state index contributed by atoms with van der Waals surface area (Å²) in [5.41, 5.74) is 3.02. The molecule has 0 radical (unpaired) electrons. The molecular weight excluding hydrogens is 268 g/mol. The molecule has 1 amide bonds. The second-order valence-corrected chi connectivity index (χ2v) is 4.62. The summed E-state index contributed by atoms with van der Waals surface area (Å²) >= 11 is 0. The van der Waals surface area contributed by atoms with Gasteiger partial charge in [0.1, 0.15) is 0 Å². The summed E-state index contributed by atoms with van der Waals surface area (Å²) in [6.45, 7) is 3.71. The molecule has 0 fully saturated rings. The third-order valence-electron chi connectivity index (χ3n) is 2.84. The van der Waals surface area contributed by atoms with Crippen LogP contribution >= 0.6 is 0 Å². The van der Waals surface area contributed by atoms with Crippen LogP contribution in [0.4, 0.5) is 5.69 Å². The maximum atomic E-state index is 12.1. The Bertz CT molecular complexity index is 708. The highest BCUT2D eigenvalue weighted by molar-refractivity contribution is 6.03. The molecule has 2 rings (SSSR count). The maximum absolute atomic E-state index is 12.1. The van der Waals surface area contributed by atoms with E-state index in [4.69, 9.17) is 9.63 Å². The van der Waals surface area contributed by atoms with Gasteiger partial charge in [0.2, 0.25) is 5.76 Å². The SMILES string of the molecule is Cc1ccc(NC(=O)c2oncc2C)c(C#CCCO)c1. The van der Waals surface area contributed by atoms with Gasteiger partial charge in [0.25, 0.3) is 5.91 Å². The van der Waals surface area contributed by atoms with Gasteiger partial charge >= 0.3 is 0 Å². The Morgan fingerprint density at radius 2 is 2.24 bits per heavy atom. The number of aromatic nitrogens is 1. The number of aliphatic hydroxyl groups is 1. The highest BCUT2D eigenvalue weighted by atomic mass is 16.5. The van der Waals surface area contributed by atoms with E-state index in [-0.39, 0.29) is 18.3 Å². The first-order chi connectivity index (χ1) is 10.1. The third-order valence-corrected chi connectivity index (χ3v) is 2.84. The molecule has 0 atom stereocenters. The molecule has 0 aliphatic rings. The zero-order valence-electron chi connectivity index (χ0n) is 11.9. The fraction of sp³-hybridized carbons (Fsp3) is 0.250. The Morgan fingerprint density at radius 1 is 1.43 bits per heavy atom. The van der Waals surface area contributed by atoms with E-state index in [0.29, 0.717) is 23.2 Å². The molecule has 5 heteroatoms. The minimum Gasteiger partial charge on any atom is -0.395 e. The quantitative estimate of drug-likeness (QED) is 0.848. The van der Waals surface area contributed by atoms with Crippen LogP contribution in [0.25, 0.3) is 0 Å². The fourth-order valence-corrected chi connectivity index (χ4v) is 1.77. The summed E-state index contributed by atoms with van der Waals surface area (Å²) in [5.74, 6) is 5.62. The van der Waals surface area contributed by atoms with Gasteiger partial charge in [0, 0.05) is 17.5 Å². The summed E-state index contributed by atoms with van der Waals surface area (Å²) in [7, 11) is 0. The second-order valence-electron chi connectivity index (χ2n) is 4.62. The average Bonchev–Trinajstić information content (AvgIpc) is 2.88. The number of benzene rings is 1. The summed E-state index contributed by atoms with van der Waals surface area (Å²) < 4.78 is 4.93. The van der Waals surface area contributed by atoms with Crippen molar-refractivity contribution in [1.82, 2.24) is 5.16 Å². The number of carbonyl (C=O) groups is 1. The number of aliphatic hydroxyl groups excluding tert-OH is 1. The van der Waals surface area contributed by atoms with Gasteiger partial charge < -0.3 is 14.9 Å². The van der Waals surface area contributed by atoms with Crippen LogP contribution in [0.2, 0.25) is 0 Å². The third kappa shape index (κ3) is 3.71. The van der Waals surface area contributed by atoms with Crippen molar-refractivity contribution in [1.29, 1.82) is 0 Å². The lowest BCUT2D eigenvalue weighted by atomic mass is 10.1. The van der Waals surface area contributed by atoms with Gasteiger partial charge in [-0.3, -0.25) is 4.79 Å². The number of rotatable bonds is 3. The van der Waals surface area contributed by atoms with Crippen molar-refractivity contribution in [3.63, 3.8) is 0 Å². The lowest BCUT2D eigenvalue weighted by Crippen LogP contribution is -2.13. The van der Waals surface area contributed by atoms with Crippen LogP contribution in [0.15, 0.2) is 28.9 Å². The standard InChI is InChI=1S/C16H16N2O3/c1-11-6-7-14(13(9-11)5-3-4-8-19)18-16(20)15-12(2)10-17-21-15/h6-7,9-10,19H,4,8H2,1-2H3,(H,18,20). The van der Waals surface area contributed by atoms with Crippen molar-refractivity contribution < 1.29 is 14.4 Å². The van der Waals surface area contributed by atoms with E-state index in [1.54, 1.807) is 13.0 Å². The lowest BCUT2D eigenvalue weighted by molar-refractivity contribution is 0.0987. The Hall–Kier alpha value is -2.58. The second kappa shape index (κ2) is 6.73. The van der Waals surface area contributed by atoms with Crippen molar-refractivity contribution >= 4 is 11.6 Å². The summed E-state index contributed by atoms with van der Waals surface area (Å²) in [5, 5.41) is 15.1. The molecule has 0 saturated carbocycles. The molecular formula is C16H16N2O3. The van der Waals surface area contributed by atoms with Crippen LogP contribution in [-0.4, -0.2) is 22.8 Å². The van der Waals surface area contributed by atoms with Gasteiger partial charge in [-0.15, -0.1) is 0 Å². The van der Waals surface area contributed by atoms with Crippen LogP contribution in [0.5, 0.6) is 0 Å². The fourth-order valence-electron chi connectivity index (χ4n) is 1.77. The van der Waals surface area contributed by atoms with E-state index in [0.717, 1.165) is 5.56 Å². The number of hydrogen-bond acceptors (Lipinski definition) is 4. The van der Waals surface area contributed by atoms with Crippen molar-refractivity contribution in [2.24, 2.45) is 0 Å². The zero-order valence-corrected chi connectivity index (χ0v) is 11.9. The number of amides is 1. The molecule has 0 saturated heterocycles. The molecule has 0 bridgehead atoms. The summed E-state index contributed by atoms with van der Waals surface area (Å²) in [6, 6.07) is 5.56. The predicted octanol–water partition coefficient (Wildman–Crippen LogP) is 2.28. The number of nitrogens with one attached hydrogen (secondary N) is 1. The van der Waals surface area contributed by atoms with E-state index in [1.165, 1.54) is 6.20 Å². The number of hydrogen-bond donors (Lipinski definition) is 2. The molecule has 21 heavy (non-hydrogen) atoms. The topological polar surface area (TPSA) is 75.4 Å². The summed E-state index contributed by atoms with van der Waals surface area (Å²) in [4.78, 5) is 12.1. The smallest absolute Gasteiger partial charge is 0.294 e. The Kier molecular flexibility index (Phi) is 4.75. The first-order valence-electron chi connectivity index (χ1n) is 6.55. The molecule has 5 nitrogen and oxygen atoms in total. The number of nitrogens with zero attached hydrogens (tertiary/aromatic N) is 1. The van der Waals surface area contributed by atoms with Gasteiger partial charge in [-0.2, -0.15) is 0 Å². The monoisotopic (exact) mass is 284 g/mol. The molecule has 0 aliphatic carbocycles. The Labute approximate surface area is 123 Å². The number of carbonyl (C=O) groups excluding carboxylic acids is 1. The largest absolute Gasteiger partial charge is 0.395 e. The Morgan fingerprint density at radius 3 is 2.90 bits per heavy atom. The van der Waals surface area contributed by atoms with Crippen LogP contribution in [-0.2, 0) is 0 Å².